The number of aromatic nitrogens is 4. The number of nitrogens with zero attached hydrogens (tertiary/aromatic N) is 6. The molecule has 4 rings (SSSR count). The number of pyridine rings is 1. The second kappa shape index (κ2) is 9.15. The van der Waals surface area contributed by atoms with Crippen LogP contribution < -0.4 is 15.4 Å². The van der Waals surface area contributed by atoms with Gasteiger partial charge in [-0.2, -0.15) is 15.0 Å². The maximum Gasteiger partial charge on any atom is 0.327 e. The number of anilines is 2. The lowest BCUT2D eigenvalue weighted by Gasteiger charge is -2.33. The quantitative estimate of drug-likeness (QED) is 0.643. The van der Waals surface area contributed by atoms with Crippen LogP contribution in [0.2, 0.25) is 0 Å². The molecule has 3 aromatic rings. The van der Waals surface area contributed by atoms with Crippen LogP contribution in [0.15, 0.2) is 42.6 Å². The highest BCUT2D eigenvalue weighted by Crippen LogP contribution is 2.26. The van der Waals surface area contributed by atoms with Gasteiger partial charge < -0.3 is 25.0 Å². The Morgan fingerprint density at radius 1 is 1.16 bits per heavy atom. The molecule has 1 amide bonds. The summed E-state index contributed by atoms with van der Waals surface area (Å²) in [5.41, 5.74) is 6.98. The van der Waals surface area contributed by atoms with Crippen LogP contribution in [0.25, 0.3) is 11.4 Å². The van der Waals surface area contributed by atoms with Crippen LogP contribution in [-0.4, -0.2) is 70.6 Å². The van der Waals surface area contributed by atoms with E-state index in [0.29, 0.717) is 54.2 Å². The molecule has 0 spiro atoms. The number of carbonyl (C=O) groups is 1. The van der Waals surface area contributed by atoms with Crippen LogP contribution in [0.1, 0.15) is 17.3 Å². The summed E-state index contributed by atoms with van der Waals surface area (Å²) in [6.07, 6.45) is 1.61. The molecule has 0 unspecified atom stereocenters. The third kappa shape index (κ3) is 4.75. The highest BCUT2D eigenvalue weighted by molar-refractivity contribution is 5.93. The van der Waals surface area contributed by atoms with Gasteiger partial charge in [-0.3, -0.25) is 4.79 Å². The molecule has 1 aromatic carbocycles. The molecule has 1 aliphatic heterocycles. The molecule has 32 heavy (non-hydrogen) atoms. The van der Waals surface area contributed by atoms with Crippen molar-refractivity contribution in [3.8, 4) is 23.1 Å². The van der Waals surface area contributed by atoms with E-state index in [-0.39, 0.29) is 18.0 Å². The second-order valence-corrected chi connectivity index (χ2v) is 7.66. The van der Waals surface area contributed by atoms with Crippen molar-refractivity contribution < 1.29 is 14.3 Å². The van der Waals surface area contributed by atoms with E-state index in [9.17, 15) is 4.79 Å². The summed E-state index contributed by atoms with van der Waals surface area (Å²) in [6.45, 7) is 3.88. The SMILES string of the molecule is C[C@H]1COCCN1c1nc(Oc2ccc(C(=O)N(C)C)cc2)nc(-c2ccc(N)nc2)n1. The van der Waals surface area contributed by atoms with Crippen molar-refractivity contribution in [1.29, 1.82) is 0 Å². The molecule has 1 saturated heterocycles. The van der Waals surface area contributed by atoms with Crippen LogP contribution in [-0.2, 0) is 4.74 Å². The number of hydrogen-bond donors (Lipinski definition) is 1. The van der Waals surface area contributed by atoms with Crippen LogP contribution >= 0.6 is 0 Å². The number of carbonyl (C=O) groups excluding carboxylic acids is 1. The van der Waals surface area contributed by atoms with E-state index in [1.54, 1.807) is 56.7 Å². The van der Waals surface area contributed by atoms with Crippen molar-refractivity contribution in [3.05, 3.63) is 48.2 Å². The molecule has 0 aliphatic carbocycles. The van der Waals surface area contributed by atoms with E-state index < -0.39 is 0 Å². The Labute approximate surface area is 186 Å². The predicted molar refractivity (Wildman–Crippen MR) is 120 cm³/mol. The third-order valence-corrected chi connectivity index (χ3v) is 4.99. The Morgan fingerprint density at radius 3 is 2.59 bits per heavy atom. The minimum atomic E-state index is -0.0848. The summed E-state index contributed by atoms with van der Waals surface area (Å²) >= 11 is 0. The summed E-state index contributed by atoms with van der Waals surface area (Å²) < 4.78 is 11.5. The van der Waals surface area contributed by atoms with Gasteiger partial charge in [-0.1, -0.05) is 0 Å². The number of rotatable bonds is 5. The molecule has 2 aromatic heterocycles. The van der Waals surface area contributed by atoms with Gasteiger partial charge in [0.15, 0.2) is 5.82 Å². The van der Waals surface area contributed by atoms with Crippen molar-refractivity contribution >= 4 is 17.7 Å². The fraction of sp³-hybridized carbons (Fsp3) is 0.318. The molecule has 0 radical (unpaired) electrons. The molecular weight excluding hydrogens is 410 g/mol. The molecule has 10 heteroatoms. The number of ether oxygens (including phenoxy) is 2. The molecule has 3 heterocycles. The Balaban J connectivity index is 1.67. The van der Waals surface area contributed by atoms with E-state index in [1.807, 2.05) is 0 Å². The highest BCUT2D eigenvalue weighted by Gasteiger charge is 2.23. The van der Waals surface area contributed by atoms with Gasteiger partial charge >= 0.3 is 6.01 Å². The molecule has 0 bridgehead atoms. The van der Waals surface area contributed by atoms with Crippen LogP contribution in [0, 0.1) is 0 Å². The fourth-order valence-corrected chi connectivity index (χ4v) is 3.24. The topological polar surface area (TPSA) is 120 Å². The first kappa shape index (κ1) is 21.4. The fourth-order valence-electron chi connectivity index (χ4n) is 3.24. The second-order valence-electron chi connectivity index (χ2n) is 7.66. The first-order chi connectivity index (χ1) is 15.4. The Bertz CT molecular complexity index is 1090. The monoisotopic (exact) mass is 435 g/mol. The van der Waals surface area contributed by atoms with Gasteiger partial charge in [-0.25, -0.2) is 4.98 Å². The summed E-state index contributed by atoms with van der Waals surface area (Å²) in [5.74, 6) is 1.76. The Hall–Kier alpha value is -3.79. The smallest absolute Gasteiger partial charge is 0.327 e. The number of hydrogen-bond acceptors (Lipinski definition) is 9. The van der Waals surface area contributed by atoms with Gasteiger partial charge in [-0.05, 0) is 43.3 Å². The summed E-state index contributed by atoms with van der Waals surface area (Å²) in [4.78, 5) is 33.5. The van der Waals surface area contributed by atoms with Crippen molar-refractivity contribution in [2.45, 2.75) is 13.0 Å². The zero-order valence-corrected chi connectivity index (χ0v) is 18.2. The lowest BCUT2D eigenvalue weighted by molar-refractivity contribution is 0.0827. The van der Waals surface area contributed by atoms with Crippen molar-refractivity contribution in [1.82, 2.24) is 24.8 Å². The Morgan fingerprint density at radius 2 is 1.94 bits per heavy atom. The molecule has 10 nitrogen and oxygen atoms in total. The van der Waals surface area contributed by atoms with E-state index in [0.717, 1.165) is 0 Å². The van der Waals surface area contributed by atoms with Crippen molar-refractivity contribution in [2.24, 2.45) is 0 Å². The van der Waals surface area contributed by atoms with E-state index in [2.05, 4.69) is 31.8 Å². The average Bonchev–Trinajstić information content (AvgIpc) is 2.79. The lowest BCUT2D eigenvalue weighted by Crippen LogP contribution is -2.44. The van der Waals surface area contributed by atoms with Crippen LogP contribution in [0.4, 0.5) is 11.8 Å². The molecule has 2 N–H and O–H groups in total. The van der Waals surface area contributed by atoms with Gasteiger partial charge in [0.2, 0.25) is 5.95 Å². The molecule has 1 atom stereocenters. The van der Waals surface area contributed by atoms with E-state index >= 15 is 0 Å². The van der Waals surface area contributed by atoms with Crippen molar-refractivity contribution in [2.75, 3.05) is 44.5 Å². The maximum atomic E-state index is 12.1. The summed E-state index contributed by atoms with van der Waals surface area (Å²) in [5, 5.41) is 0. The molecule has 1 fully saturated rings. The van der Waals surface area contributed by atoms with Gasteiger partial charge in [0, 0.05) is 38.0 Å². The minimum absolute atomic E-state index is 0.0848. The highest BCUT2D eigenvalue weighted by atomic mass is 16.5. The molecule has 0 saturated carbocycles. The average molecular weight is 435 g/mol. The minimum Gasteiger partial charge on any atom is -0.424 e. The van der Waals surface area contributed by atoms with E-state index in [1.165, 1.54) is 4.90 Å². The van der Waals surface area contributed by atoms with Gasteiger partial charge in [0.05, 0.1) is 19.3 Å². The number of nitrogen functional groups attached to an aromatic ring is 1. The predicted octanol–water partition coefficient (Wildman–Crippen LogP) is 2.24. The Kier molecular flexibility index (Phi) is 6.13. The van der Waals surface area contributed by atoms with Crippen LogP contribution in [0.5, 0.6) is 11.8 Å². The lowest BCUT2D eigenvalue weighted by atomic mass is 10.2. The zero-order valence-electron chi connectivity index (χ0n) is 18.2. The number of nitrogens with two attached hydrogens (primary N) is 1. The van der Waals surface area contributed by atoms with Gasteiger partial charge in [0.25, 0.3) is 5.91 Å². The normalized spacial score (nSPS) is 16.0. The molecule has 1 aliphatic rings. The van der Waals surface area contributed by atoms with Gasteiger partial charge in [0.1, 0.15) is 11.6 Å². The van der Waals surface area contributed by atoms with Gasteiger partial charge in [-0.15, -0.1) is 0 Å². The summed E-state index contributed by atoms with van der Waals surface area (Å²) in [6, 6.07) is 10.6. The largest absolute Gasteiger partial charge is 0.424 e. The number of amides is 1. The maximum absolute atomic E-state index is 12.1. The number of benzene rings is 1. The zero-order chi connectivity index (χ0) is 22.7. The standard InChI is InChI=1S/C22H25N7O3/c1-14-13-31-11-10-29(14)21-25-19(16-6-9-18(23)24-12-16)26-22(27-21)32-17-7-4-15(5-8-17)20(30)28(2)3/h4-9,12,14H,10-11,13H2,1-3H3,(H2,23,24)/t14-/m0/s1. The third-order valence-electron chi connectivity index (χ3n) is 4.99. The van der Waals surface area contributed by atoms with Crippen molar-refractivity contribution in [3.63, 3.8) is 0 Å². The first-order valence-corrected chi connectivity index (χ1v) is 10.2. The van der Waals surface area contributed by atoms with Crippen LogP contribution in [0.3, 0.4) is 0 Å². The molecule has 166 valence electrons. The molecular formula is C22H25N7O3. The van der Waals surface area contributed by atoms with E-state index in [4.69, 9.17) is 15.2 Å². The summed E-state index contributed by atoms with van der Waals surface area (Å²) in [7, 11) is 3.42. The first-order valence-electron chi connectivity index (χ1n) is 10.2. The number of morpholine rings is 1.